The molecule has 0 saturated heterocycles. The van der Waals surface area contributed by atoms with Gasteiger partial charge in [0.2, 0.25) is 0 Å². The zero-order valence-corrected chi connectivity index (χ0v) is 25.0. The third kappa shape index (κ3) is 13.7. The Morgan fingerprint density at radius 2 is 1.32 bits per heavy atom. The average Bonchev–Trinajstić information content (AvgIpc) is 2.97. The second-order valence-electron chi connectivity index (χ2n) is 7.98. The molecule has 5 heteroatoms. The molecule has 0 radical (unpaired) electrons. The summed E-state index contributed by atoms with van der Waals surface area (Å²) < 4.78 is 0. The van der Waals surface area contributed by atoms with Gasteiger partial charge >= 0.3 is 0 Å². The Hall–Kier alpha value is -3.57. The van der Waals surface area contributed by atoms with Gasteiger partial charge in [-0.2, -0.15) is 0 Å². The van der Waals surface area contributed by atoms with Gasteiger partial charge in [0.25, 0.3) is 0 Å². The van der Waals surface area contributed by atoms with Crippen LogP contribution in [0.25, 0.3) is 11.3 Å². The summed E-state index contributed by atoms with van der Waals surface area (Å²) in [5, 5.41) is 3.13. The molecular weight excluding hydrogens is 470 g/mol. The summed E-state index contributed by atoms with van der Waals surface area (Å²) >= 11 is 0. The number of nitrogen functional groups attached to an aromatic ring is 1. The smallest absolute Gasteiger partial charge is 0.159 e. The van der Waals surface area contributed by atoms with Crippen molar-refractivity contribution in [3.05, 3.63) is 106 Å². The molecule has 0 aromatic heterocycles. The number of unbranched alkanes of at least 4 members (excludes halogenated alkanes) is 1. The first-order valence-corrected chi connectivity index (χ1v) is 13.5. The number of rotatable bonds is 6. The van der Waals surface area contributed by atoms with Crippen LogP contribution in [0.15, 0.2) is 78.0 Å². The molecule has 0 heterocycles. The van der Waals surface area contributed by atoms with E-state index < -0.39 is 0 Å². The summed E-state index contributed by atoms with van der Waals surface area (Å²) in [6.45, 7) is 18.4. The van der Waals surface area contributed by atoms with Crippen molar-refractivity contribution >= 4 is 22.7 Å². The number of allylic oxidation sites excluding steroid dienone is 1. The van der Waals surface area contributed by atoms with E-state index in [-0.39, 0.29) is 11.5 Å². The van der Waals surface area contributed by atoms with Gasteiger partial charge in [0.15, 0.2) is 5.78 Å². The largest absolute Gasteiger partial charge is 0.398 e. The van der Waals surface area contributed by atoms with Crippen LogP contribution >= 0.6 is 0 Å². The number of anilines is 1. The summed E-state index contributed by atoms with van der Waals surface area (Å²) in [5.41, 5.74) is 17.1. The number of ketones is 1. The summed E-state index contributed by atoms with van der Waals surface area (Å²) in [6.07, 6.45) is 2.64. The molecule has 0 bridgehead atoms. The molecule has 0 atom stereocenters. The Balaban J connectivity index is 0. The number of hydrogen-bond acceptors (Lipinski definition) is 5. The normalized spacial score (nSPS) is 9.84. The van der Waals surface area contributed by atoms with Crippen LogP contribution in [0.5, 0.6) is 0 Å². The molecule has 3 rings (SSSR count). The number of benzene rings is 3. The Morgan fingerprint density at radius 3 is 1.74 bits per heavy atom. The maximum absolute atomic E-state index is 11.5. The fourth-order valence-electron chi connectivity index (χ4n) is 2.85. The van der Waals surface area contributed by atoms with E-state index in [2.05, 4.69) is 50.2 Å². The molecule has 0 aliphatic rings. The van der Waals surface area contributed by atoms with Crippen LogP contribution in [0, 0.1) is 11.8 Å². The minimum absolute atomic E-state index is 0.0844. The van der Waals surface area contributed by atoms with Crippen LogP contribution in [0.1, 0.15) is 101 Å². The molecule has 0 fully saturated rings. The molecular formula is C33H49N3O2. The van der Waals surface area contributed by atoms with Crippen molar-refractivity contribution in [2.24, 2.45) is 10.9 Å². The van der Waals surface area contributed by atoms with Crippen LogP contribution in [-0.2, 0) is 6.54 Å². The summed E-state index contributed by atoms with van der Waals surface area (Å²) in [4.78, 5) is 22.8. The molecule has 0 aliphatic carbocycles. The number of hydrogen-bond donors (Lipinski definition) is 2. The number of nitroso groups, excluding NO2 is 1. The number of Topliss-reactive ketones (excluding diaryl/α,β-unsaturated/α-hetero) is 1. The van der Waals surface area contributed by atoms with Crippen molar-refractivity contribution in [1.82, 2.24) is 0 Å². The van der Waals surface area contributed by atoms with Gasteiger partial charge in [-0.25, -0.2) is 0 Å². The highest BCUT2D eigenvalue weighted by Gasteiger charge is 2.13. The molecule has 5 nitrogen and oxygen atoms in total. The molecule has 38 heavy (non-hydrogen) atoms. The molecule has 4 N–H and O–H groups in total. The minimum atomic E-state index is -0.0844. The van der Waals surface area contributed by atoms with Crippen LogP contribution in [0.2, 0.25) is 0 Å². The van der Waals surface area contributed by atoms with Gasteiger partial charge in [-0.1, -0.05) is 115 Å². The third-order valence-electron chi connectivity index (χ3n) is 5.22. The van der Waals surface area contributed by atoms with Crippen LogP contribution in [0.4, 0.5) is 5.69 Å². The van der Waals surface area contributed by atoms with Gasteiger partial charge in [-0.15, -0.1) is 4.91 Å². The van der Waals surface area contributed by atoms with Gasteiger partial charge in [-0.3, -0.25) is 4.79 Å². The lowest BCUT2D eigenvalue weighted by molar-refractivity contribution is 0.101. The van der Waals surface area contributed by atoms with Gasteiger partial charge < -0.3 is 11.5 Å². The van der Waals surface area contributed by atoms with E-state index in [9.17, 15) is 9.70 Å². The molecule has 0 amide bonds. The predicted molar refractivity (Wildman–Crippen MR) is 168 cm³/mol. The minimum Gasteiger partial charge on any atom is -0.398 e. The van der Waals surface area contributed by atoms with Crippen LogP contribution < -0.4 is 11.5 Å². The Kier molecular flexibility index (Phi) is 21.8. The van der Waals surface area contributed by atoms with E-state index in [4.69, 9.17) is 11.5 Å². The van der Waals surface area contributed by atoms with Gasteiger partial charge in [-0.05, 0) is 60.8 Å². The quantitative estimate of drug-likeness (QED) is 0.147. The monoisotopic (exact) mass is 519 g/mol. The first kappa shape index (κ1) is 36.6. The van der Waals surface area contributed by atoms with Crippen molar-refractivity contribution in [3.8, 4) is 0 Å². The van der Waals surface area contributed by atoms with Crippen molar-refractivity contribution < 1.29 is 4.79 Å². The fraction of sp³-hybridized carbons (Fsp3) is 0.364. The number of carbonyl (C=O) groups excluding carboxylic acids is 1. The van der Waals surface area contributed by atoms with Crippen LogP contribution in [0.3, 0.4) is 0 Å². The van der Waals surface area contributed by atoms with Crippen molar-refractivity contribution in [2.45, 2.75) is 81.7 Å². The first-order valence-electron chi connectivity index (χ1n) is 13.5. The van der Waals surface area contributed by atoms with Crippen molar-refractivity contribution in [3.63, 3.8) is 0 Å². The number of carbonyl (C=O) groups is 1. The Labute approximate surface area is 231 Å². The fourth-order valence-corrected chi connectivity index (χ4v) is 2.85. The van der Waals surface area contributed by atoms with Crippen LogP contribution in [-0.4, -0.2) is 5.78 Å². The van der Waals surface area contributed by atoms with E-state index in [1.807, 2.05) is 65.0 Å². The number of aryl methyl sites for hydroxylation is 1. The predicted octanol–water partition coefficient (Wildman–Crippen LogP) is 9.44. The zero-order chi connectivity index (χ0) is 29.5. The maximum atomic E-state index is 11.5. The maximum Gasteiger partial charge on any atom is 0.159 e. The van der Waals surface area contributed by atoms with Gasteiger partial charge in [0.05, 0.1) is 0 Å². The molecule has 3 aromatic rings. The summed E-state index contributed by atoms with van der Waals surface area (Å²) in [6, 6.07) is 22.6. The van der Waals surface area contributed by atoms with E-state index >= 15 is 0 Å². The summed E-state index contributed by atoms with van der Waals surface area (Å²) in [5.74, 6) is -0.0844. The zero-order valence-electron chi connectivity index (χ0n) is 25.0. The molecule has 0 unspecified atom stereocenters. The second kappa shape index (κ2) is 22.6. The number of nitrogens with zero attached hydrogens (tertiary/aromatic N) is 1. The first-order chi connectivity index (χ1) is 18.3. The molecule has 3 aromatic carbocycles. The van der Waals surface area contributed by atoms with E-state index in [1.54, 1.807) is 18.2 Å². The van der Waals surface area contributed by atoms with E-state index in [0.29, 0.717) is 23.4 Å². The second-order valence-corrected chi connectivity index (χ2v) is 7.98. The van der Waals surface area contributed by atoms with Gasteiger partial charge in [0, 0.05) is 23.4 Å². The third-order valence-corrected chi connectivity index (χ3v) is 5.22. The SMILES string of the molecule is CC.CC.CC(=O)c1ccc(N)c(/C(N=O)=C(/C)c2ccccc2)c1.CCCC.Cc1ccc(CN)cc1. The van der Waals surface area contributed by atoms with E-state index in [1.165, 1.54) is 30.9 Å². The Morgan fingerprint density at radius 1 is 0.789 bits per heavy atom. The molecule has 0 spiro atoms. The highest BCUT2D eigenvalue weighted by atomic mass is 16.3. The van der Waals surface area contributed by atoms with E-state index in [0.717, 1.165) is 11.1 Å². The van der Waals surface area contributed by atoms with Crippen molar-refractivity contribution in [2.75, 3.05) is 5.73 Å². The highest BCUT2D eigenvalue weighted by Crippen LogP contribution is 2.31. The standard InChI is InChI=1S/C17H16N2O2.C8H11N.C4H10.2C2H6/c1-11(13-6-4-3-5-7-13)17(19-21)15-10-14(12(2)20)8-9-16(15)18;1-7-2-4-8(6-9)5-3-7;1-3-4-2;2*1-2/h3-10H,18H2,1-2H3;2-5H,6,9H2,1H3;3-4H2,1-2H3;2*1-2H3/b17-11+;;;;. The van der Waals surface area contributed by atoms with Crippen molar-refractivity contribution in [1.29, 1.82) is 0 Å². The molecule has 0 aliphatic heterocycles. The lowest BCUT2D eigenvalue weighted by atomic mass is 9.98. The highest BCUT2D eigenvalue weighted by molar-refractivity contribution is 5.98. The Bertz CT molecular complexity index is 1070. The average molecular weight is 520 g/mol. The number of nitrogens with two attached hydrogens (primary N) is 2. The lowest BCUT2D eigenvalue weighted by Crippen LogP contribution is -1.99. The molecule has 0 saturated carbocycles. The summed E-state index contributed by atoms with van der Waals surface area (Å²) in [7, 11) is 0. The topological polar surface area (TPSA) is 98.5 Å². The van der Waals surface area contributed by atoms with Gasteiger partial charge in [0.1, 0.15) is 5.70 Å². The molecule has 208 valence electrons. The lowest BCUT2D eigenvalue weighted by Gasteiger charge is -2.10.